The van der Waals surface area contributed by atoms with E-state index in [0.717, 1.165) is 12.8 Å². The Bertz CT molecular complexity index is 614. The summed E-state index contributed by atoms with van der Waals surface area (Å²) in [5, 5.41) is 2.89. The molecule has 1 aliphatic rings. The highest BCUT2D eigenvalue weighted by Gasteiger charge is 2.24. The number of methoxy groups -OCH3 is 1. The molecule has 8 heteroatoms. The Morgan fingerprint density at radius 3 is 2.70 bits per heavy atom. The van der Waals surface area contributed by atoms with Crippen LogP contribution in [0.25, 0.3) is 0 Å². The summed E-state index contributed by atoms with van der Waals surface area (Å²) < 4.78 is 31.2. The van der Waals surface area contributed by atoms with Gasteiger partial charge in [-0.2, -0.15) is 0 Å². The molecular weight excluding hydrogens is 304 g/mol. The van der Waals surface area contributed by atoms with Crippen LogP contribution in [0.4, 0.5) is 0 Å². The molecule has 6 nitrogen and oxygen atoms in total. The molecule has 1 aliphatic carbocycles. The van der Waals surface area contributed by atoms with Crippen molar-refractivity contribution in [2.24, 2.45) is 0 Å². The lowest BCUT2D eigenvalue weighted by atomic mass is 10.3. The van der Waals surface area contributed by atoms with Crippen LogP contribution in [0.15, 0.2) is 23.1 Å². The molecule has 1 aromatic carbocycles. The number of nitrogens with one attached hydrogen (secondary N) is 2. The summed E-state index contributed by atoms with van der Waals surface area (Å²) in [5.74, 6) is 0.0489. The molecule has 0 saturated heterocycles. The maximum absolute atomic E-state index is 12.0. The number of carbonyl (C=O) groups excluding carboxylic acids is 1. The SMILES string of the molecule is COc1ccc(S(=O)(=O)NCC(=O)NC2CC2)cc1Cl. The van der Waals surface area contributed by atoms with Crippen molar-refractivity contribution in [3.05, 3.63) is 23.2 Å². The Labute approximate surface area is 122 Å². The molecule has 0 unspecified atom stereocenters. The van der Waals surface area contributed by atoms with Gasteiger partial charge in [-0.25, -0.2) is 13.1 Å². The summed E-state index contributed by atoms with van der Waals surface area (Å²) in [4.78, 5) is 11.4. The fraction of sp³-hybridized carbons (Fsp3) is 0.417. The second-order valence-electron chi connectivity index (χ2n) is 4.46. The van der Waals surface area contributed by atoms with Crippen LogP contribution in [-0.4, -0.2) is 34.0 Å². The molecule has 2 rings (SSSR count). The lowest BCUT2D eigenvalue weighted by molar-refractivity contribution is -0.120. The van der Waals surface area contributed by atoms with Crippen molar-refractivity contribution >= 4 is 27.5 Å². The van der Waals surface area contributed by atoms with Crippen LogP contribution < -0.4 is 14.8 Å². The normalized spacial score (nSPS) is 14.9. The minimum Gasteiger partial charge on any atom is -0.495 e. The highest BCUT2D eigenvalue weighted by atomic mass is 35.5. The minimum absolute atomic E-state index is 0.0116. The maximum Gasteiger partial charge on any atom is 0.241 e. The molecule has 2 N–H and O–H groups in total. The van der Waals surface area contributed by atoms with Gasteiger partial charge in [-0.15, -0.1) is 0 Å². The first-order valence-electron chi connectivity index (χ1n) is 6.05. The molecule has 0 atom stereocenters. The third-order valence-electron chi connectivity index (χ3n) is 2.80. The van der Waals surface area contributed by atoms with Gasteiger partial charge < -0.3 is 10.1 Å². The Morgan fingerprint density at radius 2 is 2.15 bits per heavy atom. The topological polar surface area (TPSA) is 84.5 Å². The average Bonchev–Trinajstić information content (AvgIpc) is 3.20. The molecule has 1 amide bonds. The molecule has 0 spiro atoms. The van der Waals surface area contributed by atoms with E-state index in [-0.39, 0.29) is 28.4 Å². The van der Waals surface area contributed by atoms with Crippen molar-refractivity contribution in [2.75, 3.05) is 13.7 Å². The zero-order valence-electron chi connectivity index (χ0n) is 10.8. The number of amides is 1. The van der Waals surface area contributed by atoms with Gasteiger partial charge in [-0.05, 0) is 31.0 Å². The second-order valence-corrected chi connectivity index (χ2v) is 6.64. The van der Waals surface area contributed by atoms with Crippen LogP contribution in [0.2, 0.25) is 5.02 Å². The van der Waals surface area contributed by atoms with Crippen LogP contribution in [0.5, 0.6) is 5.75 Å². The lowest BCUT2D eigenvalue weighted by Crippen LogP contribution is -2.37. The van der Waals surface area contributed by atoms with Gasteiger partial charge in [0.1, 0.15) is 5.75 Å². The van der Waals surface area contributed by atoms with Gasteiger partial charge >= 0.3 is 0 Å². The van der Waals surface area contributed by atoms with Crippen molar-refractivity contribution in [1.82, 2.24) is 10.0 Å². The molecule has 0 heterocycles. The molecule has 1 fully saturated rings. The number of benzene rings is 1. The number of halogens is 1. The van der Waals surface area contributed by atoms with E-state index in [1.165, 1.54) is 25.3 Å². The third-order valence-corrected chi connectivity index (χ3v) is 4.49. The van der Waals surface area contributed by atoms with Gasteiger partial charge in [0, 0.05) is 6.04 Å². The number of hydrogen-bond acceptors (Lipinski definition) is 4. The smallest absolute Gasteiger partial charge is 0.241 e. The fourth-order valence-electron chi connectivity index (χ4n) is 1.56. The van der Waals surface area contributed by atoms with Crippen LogP contribution in [0, 0.1) is 0 Å². The number of rotatable bonds is 6. The van der Waals surface area contributed by atoms with Crippen molar-refractivity contribution in [2.45, 2.75) is 23.8 Å². The number of ether oxygens (including phenoxy) is 1. The van der Waals surface area contributed by atoms with Crippen molar-refractivity contribution < 1.29 is 17.9 Å². The quantitative estimate of drug-likeness (QED) is 0.816. The first kappa shape index (κ1) is 15.1. The van der Waals surface area contributed by atoms with E-state index in [2.05, 4.69) is 10.0 Å². The van der Waals surface area contributed by atoms with Crippen molar-refractivity contribution in [1.29, 1.82) is 0 Å². The van der Waals surface area contributed by atoms with Gasteiger partial charge in [0.15, 0.2) is 0 Å². The summed E-state index contributed by atoms with van der Waals surface area (Å²) in [6.07, 6.45) is 1.90. The van der Waals surface area contributed by atoms with Crippen LogP contribution in [-0.2, 0) is 14.8 Å². The van der Waals surface area contributed by atoms with E-state index in [1.807, 2.05) is 0 Å². The summed E-state index contributed by atoms with van der Waals surface area (Å²) in [6.45, 7) is -0.289. The van der Waals surface area contributed by atoms with Crippen LogP contribution >= 0.6 is 11.6 Å². The Kier molecular flexibility index (Phi) is 4.52. The van der Waals surface area contributed by atoms with E-state index < -0.39 is 10.0 Å². The first-order valence-corrected chi connectivity index (χ1v) is 7.91. The van der Waals surface area contributed by atoms with E-state index in [0.29, 0.717) is 5.75 Å². The third kappa shape index (κ3) is 3.84. The average molecular weight is 319 g/mol. The molecule has 0 aromatic heterocycles. The molecule has 1 saturated carbocycles. The zero-order chi connectivity index (χ0) is 14.8. The number of hydrogen-bond donors (Lipinski definition) is 2. The van der Waals surface area contributed by atoms with E-state index in [9.17, 15) is 13.2 Å². The Balaban J connectivity index is 2.01. The standard InChI is InChI=1S/C12H15ClN2O4S/c1-19-11-5-4-9(6-10(11)13)20(17,18)14-7-12(16)15-8-2-3-8/h4-6,8,14H,2-3,7H2,1H3,(H,15,16). The molecule has 0 bridgehead atoms. The van der Waals surface area contributed by atoms with Gasteiger partial charge in [0.05, 0.1) is 23.6 Å². The molecule has 0 radical (unpaired) electrons. The number of sulfonamides is 1. The molecule has 20 heavy (non-hydrogen) atoms. The van der Waals surface area contributed by atoms with E-state index in [1.54, 1.807) is 0 Å². The monoisotopic (exact) mass is 318 g/mol. The van der Waals surface area contributed by atoms with Gasteiger partial charge in [0.25, 0.3) is 0 Å². The van der Waals surface area contributed by atoms with Gasteiger partial charge in [0.2, 0.25) is 15.9 Å². The second kappa shape index (κ2) is 5.99. The Morgan fingerprint density at radius 1 is 1.45 bits per heavy atom. The summed E-state index contributed by atoms with van der Waals surface area (Å²) in [7, 11) is -2.33. The van der Waals surface area contributed by atoms with E-state index >= 15 is 0 Å². The zero-order valence-corrected chi connectivity index (χ0v) is 12.4. The minimum atomic E-state index is -3.77. The largest absolute Gasteiger partial charge is 0.495 e. The molecular formula is C12H15ClN2O4S. The van der Waals surface area contributed by atoms with Crippen LogP contribution in [0.3, 0.4) is 0 Å². The van der Waals surface area contributed by atoms with E-state index in [4.69, 9.17) is 16.3 Å². The maximum atomic E-state index is 12.0. The highest BCUT2D eigenvalue weighted by Crippen LogP contribution is 2.26. The van der Waals surface area contributed by atoms with Gasteiger partial charge in [-0.1, -0.05) is 11.6 Å². The lowest BCUT2D eigenvalue weighted by Gasteiger charge is -2.09. The predicted octanol–water partition coefficient (Wildman–Crippen LogP) is 0.906. The highest BCUT2D eigenvalue weighted by molar-refractivity contribution is 7.89. The predicted molar refractivity (Wildman–Crippen MR) is 74.4 cm³/mol. The molecule has 110 valence electrons. The molecule has 0 aliphatic heterocycles. The van der Waals surface area contributed by atoms with Crippen LogP contribution in [0.1, 0.15) is 12.8 Å². The summed E-state index contributed by atoms with van der Waals surface area (Å²) >= 11 is 5.88. The summed E-state index contributed by atoms with van der Waals surface area (Å²) in [5.41, 5.74) is 0. The van der Waals surface area contributed by atoms with Crippen molar-refractivity contribution in [3.63, 3.8) is 0 Å². The molecule has 1 aromatic rings. The van der Waals surface area contributed by atoms with Crippen molar-refractivity contribution in [3.8, 4) is 5.75 Å². The number of carbonyl (C=O) groups is 1. The first-order chi connectivity index (χ1) is 9.42. The van der Waals surface area contributed by atoms with Gasteiger partial charge in [-0.3, -0.25) is 4.79 Å². The summed E-state index contributed by atoms with van der Waals surface area (Å²) in [6, 6.07) is 4.30. The fourth-order valence-corrected chi connectivity index (χ4v) is 2.89. The Hall–Kier alpha value is -1.31.